The summed E-state index contributed by atoms with van der Waals surface area (Å²) in [5, 5.41) is 4.61. The topological polar surface area (TPSA) is 6.48 Å². The quantitative estimate of drug-likeness (QED) is 0.131. The van der Waals surface area contributed by atoms with Crippen molar-refractivity contribution in [2.45, 2.75) is 0 Å². The summed E-state index contributed by atoms with van der Waals surface area (Å²) in [6.45, 7) is 0. The molecule has 8 heteroatoms. The number of benzene rings is 8. The maximum Gasteiger partial charge on any atom is 0.147 e. The van der Waals surface area contributed by atoms with Crippen molar-refractivity contribution in [3.63, 3.8) is 0 Å². The zero-order valence-corrected chi connectivity index (χ0v) is 24.9. The highest BCUT2D eigenvalue weighted by atomic mass is 19.1. The van der Waals surface area contributed by atoms with Gasteiger partial charge in [0.15, 0.2) is 0 Å². The molecule has 234 valence electrons. The van der Waals surface area contributed by atoms with Gasteiger partial charge in [0.2, 0.25) is 0 Å². The fourth-order valence-corrected chi connectivity index (χ4v) is 6.47. The normalized spacial score (nSPS) is 11.5. The minimum Gasteiger partial charge on any atom is -0.307 e. The van der Waals surface area contributed by atoms with Gasteiger partial charge in [-0.15, -0.1) is 0 Å². The Morgan fingerprint density at radius 1 is 0.312 bits per heavy atom. The van der Waals surface area contributed by atoms with Crippen LogP contribution in [0.4, 0.5) is 60.5 Å². The van der Waals surface area contributed by atoms with Crippen molar-refractivity contribution in [1.82, 2.24) is 0 Å². The van der Waals surface area contributed by atoms with Gasteiger partial charge in [-0.25, -0.2) is 26.3 Å². The van der Waals surface area contributed by atoms with E-state index in [2.05, 4.69) is 0 Å². The van der Waals surface area contributed by atoms with E-state index in [1.165, 1.54) is 58.3 Å². The van der Waals surface area contributed by atoms with E-state index >= 15 is 8.78 Å². The summed E-state index contributed by atoms with van der Waals surface area (Å²) in [5.41, 5.74) is 1.68. The Kier molecular flexibility index (Phi) is 6.95. The second-order valence-corrected chi connectivity index (χ2v) is 11.4. The maximum atomic E-state index is 15.4. The van der Waals surface area contributed by atoms with Gasteiger partial charge in [-0.3, -0.25) is 0 Å². The Morgan fingerprint density at radius 3 is 1.06 bits per heavy atom. The summed E-state index contributed by atoms with van der Waals surface area (Å²) >= 11 is 0. The fourth-order valence-electron chi connectivity index (χ4n) is 6.47. The molecule has 0 unspecified atom stereocenters. The number of rotatable bonds is 6. The molecule has 8 rings (SSSR count). The molecule has 0 aliphatic rings. The number of hydrogen-bond acceptors (Lipinski definition) is 2. The lowest BCUT2D eigenvalue weighted by Crippen LogP contribution is -2.13. The molecule has 0 N–H and O–H groups in total. The molecule has 0 spiro atoms. The Balaban J connectivity index is 1.43. The zero-order valence-electron chi connectivity index (χ0n) is 24.9. The van der Waals surface area contributed by atoms with Gasteiger partial charge < -0.3 is 9.80 Å². The first-order valence-electron chi connectivity index (χ1n) is 15.0. The lowest BCUT2D eigenvalue weighted by atomic mass is 9.91. The van der Waals surface area contributed by atoms with Crippen LogP contribution < -0.4 is 9.80 Å². The minimum absolute atomic E-state index is 0.0682. The number of anilines is 6. The second kappa shape index (κ2) is 11.3. The van der Waals surface area contributed by atoms with E-state index in [0.29, 0.717) is 33.5 Å². The van der Waals surface area contributed by atoms with Crippen molar-refractivity contribution in [2.75, 3.05) is 9.80 Å². The molecule has 0 heterocycles. The fraction of sp³-hybridized carbons (Fsp3) is 0. The first kappa shape index (κ1) is 29.4. The van der Waals surface area contributed by atoms with Crippen molar-refractivity contribution < 1.29 is 26.3 Å². The third-order valence-corrected chi connectivity index (χ3v) is 8.57. The van der Waals surface area contributed by atoms with E-state index in [4.69, 9.17) is 0 Å². The van der Waals surface area contributed by atoms with Crippen LogP contribution >= 0.6 is 0 Å². The van der Waals surface area contributed by atoms with E-state index in [1.54, 1.807) is 12.1 Å². The molecule has 0 aliphatic carbocycles. The van der Waals surface area contributed by atoms with Crippen LogP contribution in [-0.4, -0.2) is 0 Å². The second-order valence-electron chi connectivity index (χ2n) is 11.4. The average Bonchev–Trinajstić information content (AvgIpc) is 3.09. The van der Waals surface area contributed by atoms with Crippen LogP contribution in [0.25, 0.3) is 32.3 Å². The number of nitrogens with zero attached hydrogens (tertiary/aromatic N) is 2. The van der Waals surface area contributed by atoms with Crippen LogP contribution in [0, 0.1) is 34.9 Å². The first-order chi connectivity index (χ1) is 23.3. The van der Waals surface area contributed by atoms with E-state index in [1.807, 2.05) is 36.4 Å². The Hall–Kier alpha value is -6.02. The van der Waals surface area contributed by atoms with Gasteiger partial charge in [-0.1, -0.05) is 36.4 Å². The molecular formula is C40H22F6N2. The first-order valence-corrected chi connectivity index (χ1v) is 15.0. The van der Waals surface area contributed by atoms with Crippen LogP contribution in [0.15, 0.2) is 133 Å². The van der Waals surface area contributed by atoms with E-state index in [-0.39, 0.29) is 11.4 Å². The molecule has 0 fully saturated rings. The van der Waals surface area contributed by atoms with E-state index in [9.17, 15) is 17.6 Å². The summed E-state index contributed by atoms with van der Waals surface area (Å²) in [7, 11) is 0. The van der Waals surface area contributed by atoms with E-state index < -0.39 is 34.9 Å². The molecule has 0 saturated heterocycles. The van der Waals surface area contributed by atoms with Gasteiger partial charge >= 0.3 is 0 Å². The third kappa shape index (κ3) is 4.84. The highest BCUT2D eigenvalue weighted by Crippen LogP contribution is 2.48. The van der Waals surface area contributed by atoms with Crippen LogP contribution in [0.2, 0.25) is 0 Å². The summed E-state index contributed by atoms with van der Waals surface area (Å²) in [4.78, 5) is 3.08. The summed E-state index contributed by atoms with van der Waals surface area (Å²) in [6.07, 6.45) is 0. The minimum atomic E-state index is -0.680. The molecule has 8 aromatic carbocycles. The summed E-state index contributed by atoms with van der Waals surface area (Å²) in [5.74, 6) is -3.62. The number of hydrogen-bond donors (Lipinski definition) is 0. The summed E-state index contributed by atoms with van der Waals surface area (Å²) in [6, 6.07) is 32.1. The van der Waals surface area contributed by atoms with Crippen molar-refractivity contribution >= 4 is 66.4 Å². The molecule has 0 bridgehead atoms. The van der Waals surface area contributed by atoms with Gasteiger partial charge in [0.25, 0.3) is 0 Å². The average molecular weight is 645 g/mol. The molecule has 2 nitrogen and oxygen atoms in total. The van der Waals surface area contributed by atoms with Gasteiger partial charge in [0, 0.05) is 34.3 Å². The van der Waals surface area contributed by atoms with Gasteiger partial charge in [0.1, 0.15) is 34.9 Å². The van der Waals surface area contributed by atoms with Crippen LogP contribution in [0.3, 0.4) is 0 Å². The van der Waals surface area contributed by atoms with Gasteiger partial charge in [-0.05, 0) is 106 Å². The summed E-state index contributed by atoms with van der Waals surface area (Å²) < 4.78 is 88.1. The highest BCUT2D eigenvalue weighted by Gasteiger charge is 2.24. The maximum absolute atomic E-state index is 15.4. The van der Waals surface area contributed by atoms with Gasteiger partial charge in [-0.2, -0.15) is 0 Å². The lowest BCUT2D eigenvalue weighted by molar-refractivity contribution is 0.601. The van der Waals surface area contributed by atoms with Crippen molar-refractivity contribution in [1.29, 1.82) is 0 Å². The SMILES string of the molecule is Fc1ccc(N(c2cc(F)ccc2F)c2ccc3ccc4c(N(c5ccc(F)cc5)c5cc(F)ccc5F)ccc5ccc2c3c54)cc1. The molecule has 0 saturated carbocycles. The molecule has 0 aliphatic heterocycles. The Morgan fingerprint density at radius 2 is 0.667 bits per heavy atom. The molecule has 0 atom stereocenters. The molecular weight excluding hydrogens is 622 g/mol. The Bertz CT molecular complexity index is 2300. The molecule has 0 amide bonds. The van der Waals surface area contributed by atoms with Crippen molar-refractivity contribution in [2.24, 2.45) is 0 Å². The van der Waals surface area contributed by atoms with Crippen molar-refractivity contribution in [3.8, 4) is 0 Å². The van der Waals surface area contributed by atoms with Crippen molar-refractivity contribution in [3.05, 3.63) is 168 Å². The smallest absolute Gasteiger partial charge is 0.147 e. The van der Waals surface area contributed by atoms with Crippen LogP contribution in [0.5, 0.6) is 0 Å². The zero-order chi connectivity index (χ0) is 33.1. The lowest BCUT2D eigenvalue weighted by Gasteiger charge is -2.29. The molecule has 0 radical (unpaired) electrons. The van der Waals surface area contributed by atoms with Crippen LogP contribution in [-0.2, 0) is 0 Å². The predicted molar refractivity (Wildman–Crippen MR) is 179 cm³/mol. The molecule has 48 heavy (non-hydrogen) atoms. The highest BCUT2D eigenvalue weighted by molar-refractivity contribution is 6.28. The third-order valence-electron chi connectivity index (χ3n) is 8.57. The number of halogens is 6. The molecule has 0 aromatic heterocycles. The van der Waals surface area contributed by atoms with Crippen LogP contribution in [0.1, 0.15) is 0 Å². The van der Waals surface area contributed by atoms with E-state index in [0.717, 1.165) is 57.9 Å². The largest absolute Gasteiger partial charge is 0.307 e. The van der Waals surface area contributed by atoms with Gasteiger partial charge in [0.05, 0.1) is 22.7 Å². The predicted octanol–water partition coefficient (Wildman–Crippen LogP) is 12.4. The monoisotopic (exact) mass is 644 g/mol. The standard InChI is InChI=1S/C40H22F6N2/c41-25-5-11-29(12-6-25)47(37-21-27(43)9-17-33(37)45)35-20-4-24-2-16-32-36(19-3-23-1-15-31(35)40(24)39(23)32)48(30-13-7-26(42)8-14-30)38-22-28(44)10-18-34(38)46/h1-22H. The molecule has 8 aromatic rings. The Labute approximate surface area is 270 Å².